The molecule has 0 saturated carbocycles. The van der Waals surface area contributed by atoms with Crippen molar-refractivity contribution >= 4 is 17.7 Å². The van der Waals surface area contributed by atoms with Crippen LogP contribution in [0.2, 0.25) is 0 Å². The van der Waals surface area contributed by atoms with Crippen molar-refractivity contribution in [3.05, 3.63) is 0 Å². The molecule has 0 aliphatic rings. The van der Waals surface area contributed by atoms with E-state index in [-0.39, 0.29) is 12.5 Å². The summed E-state index contributed by atoms with van der Waals surface area (Å²) in [7, 11) is 0. The molecule has 0 spiro atoms. The summed E-state index contributed by atoms with van der Waals surface area (Å²) in [6, 6.07) is 0. The zero-order valence-corrected chi connectivity index (χ0v) is 9.86. The third-order valence-electron chi connectivity index (χ3n) is 2.28. The highest BCUT2D eigenvalue weighted by molar-refractivity contribution is 6.37. The molecule has 2 unspecified atom stereocenters. The number of aliphatic carboxylic acids is 1. The lowest BCUT2D eigenvalue weighted by Gasteiger charge is -2.13. The lowest BCUT2D eigenvalue weighted by atomic mass is 9.99. The van der Waals surface area contributed by atoms with E-state index in [1.807, 2.05) is 6.92 Å². The van der Waals surface area contributed by atoms with E-state index in [0.29, 0.717) is 12.8 Å². The summed E-state index contributed by atoms with van der Waals surface area (Å²) >= 11 is 0. The van der Waals surface area contributed by atoms with E-state index in [2.05, 4.69) is 0 Å². The van der Waals surface area contributed by atoms with Crippen LogP contribution in [0.25, 0.3) is 0 Å². The molecule has 0 bridgehead atoms. The molecular formula is C11H18O5. The first-order valence-electron chi connectivity index (χ1n) is 5.41. The fourth-order valence-electron chi connectivity index (χ4n) is 1.12. The first-order valence-corrected chi connectivity index (χ1v) is 5.41. The Morgan fingerprint density at radius 2 is 1.81 bits per heavy atom. The topological polar surface area (TPSA) is 80.7 Å². The van der Waals surface area contributed by atoms with Gasteiger partial charge in [-0.3, -0.25) is 9.59 Å². The Bertz CT molecular complexity index is 272. The second-order valence-electron chi connectivity index (χ2n) is 3.67. The van der Waals surface area contributed by atoms with Crippen molar-refractivity contribution in [2.75, 3.05) is 0 Å². The highest BCUT2D eigenvalue weighted by Gasteiger charge is 2.32. The fourth-order valence-corrected chi connectivity index (χ4v) is 1.12. The Morgan fingerprint density at radius 1 is 1.25 bits per heavy atom. The fraction of sp³-hybridized carbons (Fsp3) is 0.727. The van der Waals surface area contributed by atoms with Crippen LogP contribution in [0, 0.1) is 5.92 Å². The van der Waals surface area contributed by atoms with E-state index in [9.17, 15) is 14.4 Å². The summed E-state index contributed by atoms with van der Waals surface area (Å²) in [5.74, 6) is -4.56. The number of hydrogen-bond donors (Lipinski definition) is 1. The molecule has 0 aromatic rings. The molecule has 0 radical (unpaired) electrons. The number of carbonyl (C=O) groups excluding carboxylic acids is 2. The number of ether oxygens (including phenoxy) is 1. The minimum absolute atomic E-state index is 0.157. The normalized spacial score (nSPS) is 13.9. The van der Waals surface area contributed by atoms with Gasteiger partial charge in [0.05, 0.1) is 6.10 Å². The number of carbonyl (C=O) groups is 3. The molecule has 5 nitrogen and oxygen atoms in total. The molecule has 0 saturated heterocycles. The maximum Gasteiger partial charge on any atom is 0.375 e. The van der Waals surface area contributed by atoms with E-state index in [1.165, 1.54) is 0 Å². The minimum Gasteiger partial charge on any atom is -0.481 e. The molecule has 0 aromatic carbocycles. The van der Waals surface area contributed by atoms with Crippen LogP contribution in [0.15, 0.2) is 0 Å². The summed E-state index contributed by atoms with van der Waals surface area (Å²) in [5.41, 5.74) is 0. The number of Topliss-reactive ketones (excluding diaryl/α,β-unsaturated/α-hetero) is 1. The van der Waals surface area contributed by atoms with Gasteiger partial charge in [0.25, 0.3) is 5.78 Å². The maximum atomic E-state index is 11.5. The first-order chi connectivity index (χ1) is 7.43. The summed E-state index contributed by atoms with van der Waals surface area (Å²) in [6.45, 7) is 5.22. The van der Waals surface area contributed by atoms with E-state index < -0.39 is 23.6 Å². The lowest BCUT2D eigenvalue weighted by Crippen LogP contribution is -2.33. The van der Waals surface area contributed by atoms with E-state index in [4.69, 9.17) is 9.84 Å². The molecular weight excluding hydrogens is 212 g/mol. The average molecular weight is 230 g/mol. The van der Waals surface area contributed by atoms with Crippen LogP contribution in [0.1, 0.15) is 40.0 Å². The minimum atomic E-state index is -1.28. The molecule has 0 heterocycles. The average Bonchev–Trinajstić information content (AvgIpc) is 2.24. The number of esters is 1. The number of ketones is 1. The zero-order valence-electron chi connectivity index (χ0n) is 9.86. The first kappa shape index (κ1) is 14.6. The molecule has 5 heteroatoms. The van der Waals surface area contributed by atoms with Gasteiger partial charge in [-0.2, -0.15) is 0 Å². The third kappa shape index (κ3) is 4.42. The van der Waals surface area contributed by atoms with E-state index >= 15 is 0 Å². The van der Waals surface area contributed by atoms with Gasteiger partial charge in [-0.25, -0.2) is 4.79 Å². The molecule has 0 aliphatic heterocycles. The van der Waals surface area contributed by atoms with Gasteiger partial charge in [-0.1, -0.05) is 20.3 Å². The van der Waals surface area contributed by atoms with E-state index in [0.717, 1.165) is 0 Å². The number of rotatable bonds is 7. The Kier molecular flexibility index (Phi) is 6.37. The lowest BCUT2D eigenvalue weighted by molar-refractivity contribution is -0.163. The maximum absolute atomic E-state index is 11.5. The van der Waals surface area contributed by atoms with E-state index in [1.54, 1.807) is 13.8 Å². The van der Waals surface area contributed by atoms with Gasteiger partial charge in [0.15, 0.2) is 0 Å². The number of hydrogen-bond acceptors (Lipinski definition) is 4. The van der Waals surface area contributed by atoms with Crippen LogP contribution in [-0.4, -0.2) is 28.9 Å². The second-order valence-corrected chi connectivity index (χ2v) is 3.67. The predicted molar refractivity (Wildman–Crippen MR) is 56.9 cm³/mol. The van der Waals surface area contributed by atoms with Crippen molar-refractivity contribution in [2.45, 2.75) is 46.1 Å². The molecule has 0 amide bonds. The van der Waals surface area contributed by atoms with Gasteiger partial charge in [-0.15, -0.1) is 0 Å². The molecule has 0 aromatic heterocycles. The van der Waals surface area contributed by atoms with Crippen molar-refractivity contribution in [3.8, 4) is 0 Å². The summed E-state index contributed by atoms with van der Waals surface area (Å²) < 4.78 is 4.79. The van der Waals surface area contributed by atoms with Crippen molar-refractivity contribution in [3.63, 3.8) is 0 Å². The van der Waals surface area contributed by atoms with Crippen LogP contribution in [0.3, 0.4) is 0 Å². The van der Waals surface area contributed by atoms with Gasteiger partial charge in [0.2, 0.25) is 0 Å². The zero-order chi connectivity index (χ0) is 12.7. The summed E-state index contributed by atoms with van der Waals surface area (Å²) in [4.78, 5) is 33.5. The highest BCUT2D eigenvalue weighted by atomic mass is 16.5. The van der Waals surface area contributed by atoms with Crippen LogP contribution >= 0.6 is 0 Å². The summed E-state index contributed by atoms with van der Waals surface area (Å²) in [6.07, 6.45) is 0.903. The van der Waals surface area contributed by atoms with Gasteiger partial charge in [0.1, 0.15) is 5.92 Å². The van der Waals surface area contributed by atoms with Crippen molar-refractivity contribution in [2.24, 2.45) is 5.92 Å². The molecule has 0 rings (SSSR count). The van der Waals surface area contributed by atoms with Gasteiger partial charge in [-0.05, 0) is 19.8 Å². The Labute approximate surface area is 94.8 Å². The standard InChI is InChI=1S/C11H18O5/c1-4-6-8(10(13)14)9(12)11(15)16-7(3)5-2/h7-8H,4-6H2,1-3H3,(H,13,14). The van der Waals surface area contributed by atoms with Gasteiger partial charge >= 0.3 is 11.9 Å². The van der Waals surface area contributed by atoms with Crippen LogP contribution < -0.4 is 0 Å². The number of carboxylic acid groups (broad SMARTS) is 1. The highest BCUT2D eigenvalue weighted by Crippen LogP contribution is 2.10. The number of carboxylic acids is 1. The summed E-state index contributed by atoms with van der Waals surface area (Å²) in [5, 5.41) is 8.79. The SMILES string of the molecule is CCCC(C(=O)O)C(=O)C(=O)OC(C)CC. The Morgan fingerprint density at radius 3 is 2.19 bits per heavy atom. The van der Waals surface area contributed by atoms with Crippen LogP contribution in [-0.2, 0) is 19.1 Å². The quantitative estimate of drug-likeness (QED) is 0.406. The molecule has 0 fully saturated rings. The molecule has 1 N–H and O–H groups in total. The van der Waals surface area contributed by atoms with Crippen molar-refractivity contribution in [1.82, 2.24) is 0 Å². The monoisotopic (exact) mass is 230 g/mol. The van der Waals surface area contributed by atoms with Gasteiger partial charge in [0, 0.05) is 0 Å². The van der Waals surface area contributed by atoms with Gasteiger partial charge < -0.3 is 9.84 Å². The third-order valence-corrected chi connectivity index (χ3v) is 2.28. The van der Waals surface area contributed by atoms with Crippen LogP contribution in [0.4, 0.5) is 0 Å². The Balaban J connectivity index is 4.49. The molecule has 2 atom stereocenters. The smallest absolute Gasteiger partial charge is 0.375 e. The molecule has 0 aliphatic carbocycles. The predicted octanol–water partition coefficient (Wildman–Crippen LogP) is 1.40. The Hall–Kier alpha value is -1.39. The molecule has 92 valence electrons. The molecule has 16 heavy (non-hydrogen) atoms. The van der Waals surface area contributed by atoms with Crippen molar-refractivity contribution in [1.29, 1.82) is 0 Å². The second kappa shape index (κ2) is 6.98. The largest absolute Gasteiger partial charge is 0.481 e. The van der Waals surface area contributed by atoms with Crippen molar-refractivity contribution < 1.29 is 24.2 Å². The van der Waals surface area contributed by atoms with Crippen LogP contribution in [0.5, 0.6) is 0 Å².